The highest BCUT2D eigenvalue weighted by Gasteiger charge is 2.17. The van der Waals surface area contributed by atoms with Crippen LogP contribution in [0, 0.1) is 6.92 Å². The predicted molar refractivity (Wildman–Crippen MR) is 62.3 cm³/mol. The molecular weight excluding hydrogens is 242 g/mol. The number of nitrogens with two attached hydrogens (primary N) is 1. The van der Waals surface area contributed by atoms with Gasteiger partial charge >= 0.3 is 0 Å². The van der Waals surface area contributed by atoms with E-state index in [9.17, 15) is 0 Å². The van der Waals surface area contributed by atoms with Crippen molar-refractivity contribution in [1.82, 2.24) is 0 Å². The van der Waals surface area contributed by atoms with Gasteiger partial charge in [-0.05, 0) is 37.5 Å². The molecule has 0 radical (unpaired) electrons. The van der Waals surface area contributed by atoms with Crippen LogP contribution in [0.2, 0.25) is 0 Å². The van der Waals surface area contributed by atoms with E-state index in [1.54, 1.807) is 0 Å². The molecule has 14 heavy (non-hydrogen) atoms. The Balaban J connectivity index is 2.83. The van der Waals surface area contributed by atoms with Crippen LogP contribution >= 0.6 is 15.9 Å². The highest BCUT2D eigenvalue weighted by molar-refractivity contribution is 9.10. The van der Waals surface area contributed by atoms with Crippen LogP contribution < -0.4 is 5.73 Å². The zero-order chi connectivity index (χ0) is 10.8. The molecular formula is C11H16BrNO. The fraction of sp³-hybridized carbons (Fsp3) is 0.455. The van der Waals surface area contributed by atoms with Crippen LogP contribution in [0.3, 0.4) is 0 Å². The van der Waals surface area contributed by atoms with Crippen molar-refractivity contribution in [1.29, 1.82) is 0 Å². The molecule has 0 heterocycles. The Morgan fingerprint density at radius 2 is 2.14 bits per heavy atom. The average molecular weight is 258 g/mol. The quantitative estimate of drug-likeness (QED) is 0.871. The number of halogens is 1. The molecule has 0 bridgehead atoms. The largest absolute Gasteiger partial charge is 0.394 e. The first-order valence-corrected chi connectivity index (χ1v) is 5.39. The molecule has 3 N–H and O–H groups in total. The SMILES string of the molecule is Cc1ccc(CC(C)(N)CO)cc1Br. The van der Waals surface area contributed by atoms with Crippen molar-refractivity contribution in [3.63, 3.8) is 0 Å². The Kier molecular flexibility index (Phi) is 3.70. The second kappa shape index (κ2) is 4.43. The summed E-state index contributed by atoms with van der Waals surface area (Å²) in [5.41, 5.74) is 7.68. The van der Waals surface area contributed by atoms with Crippen molar-refractivity contribution < 1.29 is 5.11 Å². The number of hydrogen-bond donors (Lipinski definition) is 2. The molecule has 0 amide bonds. The molecule has 0 aliphatic carbocycles. The van der Waals surface area contributed by atoms with Crippen molar-refractivity contribution >= 4 is 15.9 Å². The first-order valence-electron chi connectivity index (χ1n) is 4.59. The lowest BCUT2D eigenvalue weighted by Gasteiger charge is -2.21. The number of aliphatic hydroxyl groups is 1. The Hall–Kier alpha value is -0.380. The number of hydrogen-bond acceptors (Lipinski definition) is 2. The van der Waals surface area contributed by atoms with Crippen molar-refractivity contribution in [2.45, 2.75) is 25.8 Å². The maximum absolute atomic E-state index is 9.04. The molecule has 1 aromatic rings. The molecule has 2 nitrogen and oxygen atoms in total. The van der Waals surface area contributed by atoms with Gasteiger partial charge in [-0.15, -0.1) is 0 Å². The Morgan fingerprint density at radius 1 is 1.50 bits per heavy atom. The topological polar surface area (TPSA) is 46.2 Å². The summed E-state index contributed by atoms with van der Waals surface area (Å²) in [6.07, 6.45) is 0.683. The molecule has 0 saturated heterocycles. The molecule has 1 atom stereocenters. The monoisotopic (exact) mass is 257 g/mol. The van der Waals surface area contributed by atoms with E-state index in [1.165, 1.54) is 5.56 Å². The van der Waals surface area contributed by atoms with Gasteiger partial charge in [-0.25, -0.2) is 0 Å². The summed E-state index contributed by atoms with van der Waals surface area (Å²) >= 11 is 3.47. The van der Waals surface area contributed by atoms with Crippen LogP contribution in [-0.2, 0) is 6.42 Å². The Labute approximate surface area is 93.3 Å². The highest BCUT2D eigenvalue weighted by Crippen LogP contribution is 2.19. The Bertz CT molecular complexity index is 323. The van der Waals surface area contributed by atoms with Gasteiger partial charge in [0.15, 0.2) is 0 Å². The summed E-state index contributed by atoms with van der Waals surface area (Å²) in [4.78, 5) is 0. The van der Waals surface area contributed by atoms with Crippen LogP contribution in [0.25, 0.3) is 0 Å². The number of aryl methyl sites for hydroxylation is 1. The number of rotatable bonds is 3. The van der Waals surface area contributed by atoms with Gasteiger partial charge in [0, 0.05) is 10.0 Å². The average Bonchev–Trinajstić information content (AvgIpc) is 2.11. The van der Waals surface area contributed by atoms with E-state index >= 15 is 0 Å². The molecule has 0 aliphatic rings. The second-order valence-corrected chi connectivity index (χ2v) is 4.93. The van der Waals surface area contributed by atoms with Gasteiger partial charge in [-0.1, -0.05) is 28.1 Å². The second-order valence-electron chi connectivity index (χ2n) is 4.07. The maximum atomic E-state index is 9.04. The molecule has 3 heteroatoms. The number of benzene rings is 1. The third-order valence-electron chi connectivity index (χ3n) is 2.21. The van der Waals surface area contributed by atoms with E-state index in [1.807, 2.05) is 26.0 Å². The third-order valence-corrected chi connectivity index (χ3v) is 3.06. The van der Waals surface area contributed by atoms with Crippen molar-refractivity contribution in [2.24, 2.45) is 5.73 Å². The van der Waals surface area contributed by atoms with Crippen LogP contribution in [0.5, 0.6) is 0 Å². The maximum Gasteiger partial charge on any atom is 0.0611 e. The summed E-state index contributed by atoms with van der Waals surface area (Å²) in [5.74, 6) is 0. The van der Waals surface area contributed by atoms with Gasteiger partial charge in [-0.2, -0.15) is 0 Å². The van der Waals surface area contributed by atoms with E-state index in [-0.39, 0.29) is 6.61 Å². The molecule has 1 unspecified atom stereocenters. The van der Waals surface area contributed by atoms with Gasteiger partial charge in [0.25, 0.3) is 0 Å². The zero-order valence-corrected chi connectivity index (χ0v) is 10.1. The molecule has 0 aromatic heterocycles. The minimum absolute atomic E-state index is 0.00149. The molecule has 0 aliphatic heterocycles. The van der Waals surface area contributed by atoms with E-state index in [4.69, 9.17) is 10.8 Å². The lowest BCUT2D eigenvalue weighted by molar-refractivity contribution is 0.208. The van der Waals surface area contributed by atoms with Gasteiger partial charge in [0.2, 0.25) is 0 Å². The molecule has 0 saturated carbocycles. The molecule has 0 fully saturated rings. The van der Waals surface area contributed by atoms with Crippen LogP contribution in [-0.4, -0.2) is 17.3 Å². The van der Waals surface area contributed by atoms with Crippen LogP contribution in [0.1, 0.15) is 18.1 Å². The van der Waals surface area contributed by atoms with Gasteiger partial charge < -0.3 is 10.8 Å². The van der Waals surface area contributed by atoms with E-state index in [2.05, 4.69) is 22.0 Å². The standard InChI is InChI=1S/C11H16BrNO/c1-8-3-4-9(5-10(8)12)6-11(2,13)7-14/h3-5,14H,6-7,13H2,1-2H3. The lowest BCUT2D eigenvalue weighted by Crippen LogP contribution is -2.42. The molecule has 1 aromatic carbocycles. The molecule has 1 rings (SSSR count). The zero-order valence-electron chi connectivity index (χ0n) is 8.55. The first kappa shape index (κ1) is 11.7. The van der Waals surface area contributed by atoms with Gasteiger partial charge in [0.1, 0.15) is 0 Å². The van der Waals surface area contributed by atoms with E-state index in [0.29, 0.717) is 6.42 Å². The third kappa shape index (κ3) is 3.08. The van der Waals surface area contributed by atoms with Crippen molar-refractivity contribution in [3.8, 4) is 0 Å². The van der Waals surface area contributed by atoms with Crippen LogP contribution in [0.15, 0.2) is 22.7 Å². The predicted octanol–water partition coefficient (Wildman–Crippen LogP) is 2.01. The summed E-state index contributed by atoms with van der Waals surface area (Å²) in [5, 5.41) is 9.04. The number of aliphatic hydroxyl groups excluding tert-OH is 1. The van der Waals surface area contributed by atoms with E-state index < -0.39 is 5.54 Å². The smallest absolute Gasteiger partial charge is 0.0611 e. The fourth-order valence-electron chi connectivity index (χ4n) is 1.27. The van der Waals surface area contributed by atoms with Gasteiger partial charge in [0.05, 0.1) is 6.61 Å². The lowest BCUT2D eigenvalue weighted by atomic mass is 9.94. The highest BCUT2D eigenvalue weighted by atomic mass is 79.9. The first-order chi connectivity index (χ1) is 6.44. The molecule has 78 valence electrons. The Morgan fingerprint density at radius 3 is 2.64 bits per heavy atom. The minimum atomic E-state index is -0.533. The summed E-state index contributed by atoms with van der Waals surface area (Å²) in [7, 11) is 0. The normalized spacial score (nSPS) is 15.2. The summed E-state index contributed by atoms with van der Waals surface area (Å²) < 4.78 is 1.09. The summed E-state index contributed by atoms with van der Waals surface area (Å²) in [6, 6.07) is 6.14. The summed E-state index contributed by atoms with van der Waals surface area (Å²) in [6.45, 7) is 3.89. The fourth-order valence-corrected chi connectivity index (χ4v) is 1.69. The van der Waals surface area contributed by atoms with Crippen molar-refractivity contribution in [3.05, 3.63) is 33.8 Å². The molecule has 0 spiro atoms. The van der Waals surface area contributed by atoms with E-state index in [0.717, 1.165) is 10.0 Å². The van der Waals surface area contributed by atoms with Crippen LogP contribution in [0.4, 0.5) is 0 Å². The van der Waals surface area contributed by atoms with Gasteiger partial charge in [-0.3, -0.25) is 0 Å². The van der Waals surface area contributed by atoms with Crippen molar-refractivity contribution in [2.75, 3.05) is 6.61 Å². The minimum Gasteiger partial charge on any atom is -0.394 e.